The molecule has 2 nitrogen and oxygen atoms in total. The van der Waals surface area contributed by atoms with E-state index in [1.54, 1.807) is 0 Å². The zero-order chi connectivity index (χ0) is 17.7. The maximum absolute atomic E-state index is 11.2. The summed E-state index contributed by atoms with van der Waals surface area (Å²) in [5.74, 6) is -0.0449. The lowest BCUT2D eigenvalue weighted by molar-refractivity contribution is -0.143. The van der Waals surface area contributed by atoms with Crippen LogP contribution >= 0.6 is 0 Å². The molecule has 0 N–H and O–H groups in total. The Labute approximate surface area is 150 Å². The molecule has 0 radical (unpaired) electrons. The van der Waals surface area contributed by atoms with Gasteiger partial charge in [-0.25, -0.2) is 0 Å². The van der Waals surface area contributed by atoms with Gasteiger partial charge in [-0.05, 0) is 45.4 Å². The van der Waals surface area contributed by atoms with E-state index in [0.717, 1.165) is 32.1 Å². The lowest BCUT2D eigenvalue weighted by Gasteiger charge is -2.02. The molecule has 138 valence electrons. The fraction of sp³-hybridized carbons (Fsp3) is 0.682. The van der Waals surface area contributed by atoms with E-state index in [1.807, 2.05) is 6.92 Å². The number of allylic oxidation sites excluding steroid dienone is 6. The van der Waals surface area contributed by atoms with Crippen LogP contribution in [0.3, 0.4) is 0 Å². The van der Waals surface area contributed by atoms with Crippen molar-refractivity contribution in [2.45, 2.75) is 90.9 Å². The summed E-state index contributed by atoms with van der Waals surface area (Å²) in [4.78, 5) is 11.2. The highest BCUT2D eigenvalue weighted by molar-refractivity contribution is 5.69. The molecule has 0 rings (SSSR count). The molecular weight excluding hydrogens is 296 g/mol. The van der Waals surface area contributed by atoms with Crippen molar-refractivity contribution in [2.75, 3.05) is 6.61 Å². The van der Waals surface area contributed by atoms with Crippen LogP contribution < -0.4 is 0 Å². The molecule has 0 heterocycles. The number of carbonyl (C=O) groups is 1. The second-order valence-corrected chi connectivity index (χ2v) is 6.11. The topological polar surface area (TPSA) is 26.3 Å². The minimum atomic E-state index is -0.0449. The Kier molecular flexibility index (Phi) is 18.7. The summed E-state index contributed by atoms with van der Waals surface area (Å²) in [6.07, 6.45) is 27.1. The first-order valence-corrected chi connectivity index (χ1v) is 9.91. The molecule has 0 fully saturated rings. The Morgan fingerprint density at radius 3 is 1.88 bits per heavy atom. The molecule has 0 unspecified atom stereocenters. The third-order valence-electron chi connectivity index (χ3n) is 3.84. The molecule has 0 aliphatic rings. The third-order valence-corrected chi connectivity index (χ3v) is 3.84. The van der Waals surface area contributed by atoms with E-state index in [1.165, 1.54) is 38.5 Å². The fourth-order valence-electron chi connectivity index (χ4n) is 2.48. The van der Waals surface area contributed by atoms with E-state index in [0.29, 0.717) is 13.0 Å². The van der Waals surface area contributed by atoms with E-state index in [9.17, 15) is 4.79 Å². The number of hydrogen-bond acceptors (Lipinski definition) is 2. The van der Waals surface area contributed by atoms with Gasteiger partial charge in [-0.15, -0.1) is 0 Å². The molecule has 0 atom stereocenters. The molecule has 0 spiro atoms. The summed E-state index contributed by atoms with van der Waals surface area (Å²) >= 11 is 0. The van der Waals surface area contributed by atoms with E-state index in [-0.39, 0.29) is 5.97 Å². The summed E-state index contributed by atoms with van der Waals surface area (Å²) in [7, 11) is 0. The predicted octanol–water partition coefficient (Wildman–Crippen LogP) is 6.92. The van der Waals surface area contributed by atoms with Crippen molar-refractivity contribution in [1.82, 2.24) is 0 Å². The third kappa shape index (κ3) is 18.7. The monoisotopic (exact) mass is 334 g/mol. The highest BCUT2D eigenvalue weighted by Crippen LogP contribution is 2.10. The van der Waals surface area contributed by atoms with Crippen LogP contribution in [0.5, 0.6) is 0 Å². The average Bonchev–Trinajstić information content (AvgIpc) is 2.58. The van der Waals surface area contributed by atoms with Crippen LogP contribution in [0, 0.1) is 0 Å². The first-order chi connectivity index (χ1) is 11.8. The van der Waals surface area contributed by atoms with Gasteiger partial charge in [-0.3, -0.25) is 4.79 Å². The summed E-state index contributed by atoms with van der Waals surface area (Å²) in [6.45, 7) is 4.52. The molecule has 0 aromatic heterocycles. The summed E-state index contributed by atoms with van der Waals surface area (Å²) in [6, 6.07) is 0. The maximum Gasteiger partial charge on any atom is 0.305 e. The van der Waals surface area contributed by atoms with Crippen LogP contribution in [0.1, 0.15) is 90.9 Å². The van der Waals surface area contributed by atoms with Gasteiger partial charge in [0.25, 0.3) is 0 Å². The average molecular weight is 335 g/mol. The normalized spacial score (nSPS) is 11.9. The van der Waals surface area contributed by atoms with Crippen molar-refractivity contribution >= 4 is 5.97 Å². The van der Waals surface area contributed by atoms with Crippen LogP contribution in [-0.2, 0) is 9.53 Å². The van der Waals surface area contributed by atoms with Gasteiger partial charge in [0.05, 0.1) is 6.61 Å². The Morgan fingerprint density at radius 2 is 1.25 bits per heavy atom. The Morgan fingerprint density at radius 1 is 0.708 bits per heavy atom. The van der Waals surface area contributed by atoms with E-state index < -0.39 is 0 Å². The Bertz CT molecular complexity index is 353. The fourth-order valence-corrected chi connectivity index (χ4v) is 2.48. The molecule has 0 saturated carbocycles. The molecule has 0 aliphatic carbocycles. The first-order valence-electron chi connectivity index (χ1n) is 9.91. The Balaban J connectivity index is 3.23. The summed E-state index contributed by atoms with van der Waals surface area (Å²) in [5, 5.41) is 0. The van der Waals surface area contributed by atoms with E-state index in [2.05, 4.69) is 43.4 Å². The van der Waals surface area contributed by atoms with Gasteiger partial charge in [0.15, 0.2) is 0 Å². The van der Waals surface area contributed by atoms with Gasteiger partial charge in [0.2, 0.25) is 0 Å². The number of ether oxygens (including phenoxy) is 1. The Hall–Kier alpha value is -1.31. The van der Waals surface area contributed by atoms with Crippen molar-refractivity contribution in [1.29, 1.82) is 0 Å². The van der Waals surface area contributed by atoms with E-state index in [4.69, 9.17) is 4.74 Å². The van der Waals surface area contributed by atoms with E-state index >= 15 is 0 Å². The maximum atomic E-state index is 11.2. The highest BCUT2D eigenvalue weighted by atomic mass is 16.5. The molecule has 0 aliphatic heterocycles. The van der Waals surface area contributed by atoms with Crippen molar-refractivity contribution in [3.63, 3.8) is 0 Å². The van der Waals surface area contributed by atoms with Gasteiger partial charge in [0, 0.05) is 6.42 Å². The summed E-state index contributed by atoms with van der Waals surface area (Å²) in [5.41, 5.74) is 0. The van der Waals surface area contributed by atoms with Crippen LogP contribution in [0.2, 0.25) is 0 Å². The molecule has 0 saturated heterocycles. The highest BCUT2D eigenvalue weighted by Gasteiger charge is 2.00. The number of hydrogen-bond donors (Lipinski definition) is 0. The minimum absolute atomic E-state index is 0.0449. The molecule has 24 heavy (non-hydrogen) atoms. The number of esters is 1. The van der Waals surface area contributed by atoms with Gasteiger partial charge >= 0.3 is 5.97 Å². The second-order valence-electron chi connectivity index (χ2n) is 6.11. The molecule has 0 aromatic rings. The number of carbonyl (C=O) groups excluding carboxylic acids is 1. The van der Waals surface area contributed by atoms with Crippen LogP contribution in [-0.4, -0.2) is 12.6 Å². The number of rotatable bonds is 16. The predicted molar refractivity (Wildman–Crippen MR) is 105 cm³/mol. The summed E-state index contributed by atoms with van der Waals surface area (Å²) < 4.78 is 4.92. The zero-order valence-electron chi connectivity index (χ0n) is 16.0. The molecule has 0 aromatic carbocycles. The molecular formula is C22H38O2. The second kappa shape index (κ2) is 19.7. The molecule has 0 bridgehead atoms. The number of unbranched alkanes of at least 4 members (excludes halogenated alkanes) is 7. The SMILES string of the molecule is CCC=CCC=CC/C=C\CCCCCCCCCC(=O)OCC. The van der Waals surface area contributed by atoms with Gasteiger partial charge in [-0.1, -0.05) is 75.5 Å². The van der Waals surface area contributed by atoms with Crippen molar-refractivity contribution in [3.8, 4) is 0 Å². The lowest BCUT2D eigenvalue weighted by Crippen LogP contribution is -2.03. The smallest absolute Gasteiger partial charge is 0.305 e. The lowest BCUT2D eigenvalue weighted by atomic mass is 10.1. The van der Waals surface area contributed by atoms with Crippen LogP contribution in [0.15, 0.2) is 36.5 Å². The van der Waals surface area contributed by atoms with Gasteiger partial charge in [-0.2, -0.15) is 0 Å². The quantitative estimate of drug-likeness (QED) is 0.174. The largest absolute Gasteiger partial charge is 0.466 e. The van der Waals surface area contributed by atoms with Gasteiger partial charge in [0.1, 0.15) is 0 Å². The standard InChI is InChI=1S/C22H38O2/c1-3-5-6-7-8-9-10-11-12-13-14-15-16-17-18-19-20-21-22(23)24-4-2/h5-6,8-9,11-12H,3-4,7,10,13-21H2,1-2H3/b6-5?,9-8?,12-11-. The van der Waals surface area contributed by atoms with Crippen molar-refractivity contribution in [2.24, 2.45) is 0 Å². The molecule has 0 amide bonds. The van der Waals surface area contributed by atoms with Crippen LogP contribution in [0.25, 0.3) is 0 Å². The first kappa shape index (κ1) is 22.7. The van der Waals surface area contributed by atoms with Crippen molar-refractivity contribution in [3.05, 3.63) is 36.5 Å². The minimum Gasteiger partial charge on any atom is -0.466 e. The molecule has 2 heteroatoms. The van der Waals surface area contributed by atoms with Crippen LogP contribution in [0.4, 0.5) is 0 Å². The van der Waals surface area contributed by atoms with Crippen molar-refractivity contribution < 1.29 is 9.53 Å². The zero-order valence-corrected chi connectivity index (χ0v) is 16.0. The van der Waals surface area contributed by atoms with Gasteiger partial charge < -0.3 is 4.74 Å².